The van der Waals surface area contributed by atoms with Gasteiger partial charge in [-0.05, 0) is 30.3 Å². The number of carbonyl (C=O) groups is 1. The molecule has 0 radical (unpaired) electrons. The minimum absolute atomic E-state index is 0.112. The summed E-state index contributed by atoms with van der Waals surface area (Å²) in [5.74, 6) is 1.28. The minimum Gasteiger partial charge on any atom is -0.457 e. The average molecular weight is 269 g/mol. The van der Waals surface area contributed by atoms with Crippen LogP contribution in [0.5, 0.6) is 11.5 Å². The van der Waals surface area contributed by atoms with Gasteiger partial charge in [-0.3, -0.25) is 4.79 Å². The smallest absolute Gasteiger partial charge is 0.251 e. The second-order valence-corrected chi connectivity index (χ2v) is 4.61. The highest BCUT2D eigenvalue weighted by Gasteiger charge is 2.22. The number of benzene rings is 2. The molecule has 0 bridgehead atoms. The van der Waals surface area contributed by atoms with Crippen LogP contribution in [0.1, 0.15) is 10.4 Å². The Balaban J connectivity index is 1.67. The van der Waals surface area contributed by atoms with E-state index in [-0.39, 0.29) is 12.0 Å². The maximum Gasteiger partial charge on any atom is 0.251 e. The molecule has 3 rings (SSSR count). The molecule has 2 aromatic carbocycles. The molecule has 4 nitrogen and oxygen atoms in total. The Morgan fingerprint density at radius 3 is 2.65 bits per heavy atom. The van der Waals surface area contributed by atoms with Crippen molar-refractivity contribution in [3.05, 3.63) is 60.2 Å². The Labute approximate surface area is 117 Å². The molecule has 1 fully saturated rings. The zero-order valence-electron chi connectivity index (χ0n) is 10.9. The normalized spacial score (nSPS) is 16.5. The van der Waals surface area contributed by atoms with Crippen LogP contribution in [-0.2, 0) is 4.74 Å². The van der Waals surface area contributed by atoms with Gasteiger partial charge in [0.15, 0.2) is 0 Å². The fourth-order valence-corrected chi connectivity index (χ4v) is 1.82. The molecule has 1 atom stereocenters. The summed E-state index contributed by atoms with van der Waals surface area (Å²) in [7, 11) is 0. The van der Waals surface area contributed by atoms with Gasteiger partial charge in [0.1, 0.15) is 11.5 Å². The summed E-state index contributed by atoms with van der Waals surface area (Å²) in [6, 6.07) is 16.6. The number of para-hydroxylation sites is 1. The summed E-state index contributed by atoms with van der Waals surface area (Å²) in [6.07, 6.45) is 0.183. The lowest BCUT2D eigenvalue weighted by Gasteiger charge is -2.07. The van der Waals surface area contributed by atoms with Gasteiger partial charge < -0.3 is 14.8 Å². The van der Waals surface area contributed by atoms with Crippen LogP contribution in [0.3, 0.4) is 0 Å². The topological polar surface area (TPSA) is 50.9 Å². The molecule has 0 spiro atoms. The molecule has 4 heteroatoms. The molecule has 1 amide bonds. The summed E-state index contributed by atoms with van der Waals surface area (Å²) >= 11 is 0. The van der Waals surface area contributed by atoms with Crippen molar-refractivity contribution >= 4 is 5.91 Å². The van der Waals surface area contributed by atoms with E-state index in [1.165, 1.54) is 0 Å². The molecule has 20 heavy (non-hydrogen) atoms. The van der Waals surface area contributed by atoms with Crippen molar-refractivity contribution in [3.8, 4) is 11.5 Å². The van der Waals surface area contributed by atoms with Crippen molar-refractivity contribution in [1.82, 2.24) is 5.32 Å². The third-order valence-corrected chi connectivity index (χ3v) is 2.97. The van der Waals surface area contributed by atoms with Crippen LogP contribution < -0.4 is 10.1 Å². The third kappa shape index (κ3) is 3.36. The SMILES string of the molecule is O=C(NC[C@@H]1CO1)c1cccc(Oc2ccccc2)c1. The van der Waals surface area contributed by atoms with E-state index in [1.54, 1.807) is 18.2 Å². The summed E-state index contributed by atoms with van der Waals surface area (Å²) in [5.41, 5.74) is 0.582. The van der Waals surface area contributed by atoms with Gasteiger partial charge >= 0.3 is 0 Å². The van der Waals surface area contributed by atoms with E-state index in [0.717, 1.165) is 12.4 Å². The fourth-order valence-electron chi connectivity index (χ4n) is 1.82. The van der Waals surface area contributed by atoms with Crippen molar-refractivity contribution in [3.63, 3.8) is 0 Å². The van der Waals surface area contributed by atoms with Crippen molar-refractivity contribution in [1.29, 1.82) is 0 Å². The summed E-state index contributed by atoms with van der Waals surface area (Å²) in [5, 5.41) is 2.83. The van der Waals surface area contributed by atoms with E-state index in [2.05, 4.69) is 5.32 Å². The minimum atomic E-state index is -0.112. The van der Waals surface area contributed by atoms with E-state index < -0.39 is 0 Å². The molecule has 1 N–H and O–H groups in total. The van der Waals surface area contributed by atoms with Crippen molar-refractivity contribution in [2.24, 2.45) is 0 Å². The second-order valence-electron chi connectivity index (χ2n) is 4.61. The Morgan fingerprint density at radius 2 is 1.90 bits per heavy atom. The number of hydrogen-bond acceptors (Lipinski definition) is 3. The molecule has 0 aromatic heterocycles. The first kappa shape index (κ1) is 12.7. The first-order chi connectivity index (χ1) is 9.81. The molecular formula is C16H15NO3. The lowest BCUT2D eigenvalue weighted by atomic mass is 10.2. The Morgan fingerprint density at radius 1 is 1.15 bits per heavy atom. The van der Waals surface area contributed by atoms with E-state index in [4.69, 9.17) is 9.47 Å². The summed E-state index contributed by atoms with van der Waals surface area (Å²) < 4.78 is 10.8. The molecule has 0 aliphatic carbocycles. The molecule has 1 saturated heterocycles. The average Bonchev–Trinajstić information content (AvgIpc) is 3.30. The number of nitrogens with one attached hydrogen (secondary N) is 1. The van der Waals surface area contributed by atoms with Gasteiger partial charge in [0, 0.05) is 12.1 Å². The largest absolute Gasteiger partial charge is 0.457 e. The van der Waals surface area contributed by atoms with Gasteiger partial charge in [-0.25, -0.2) is 0 Å². The monoisotopic (exact) mass is 269 g/mol. The maximum atomic E-state index is 12.0. The van der Waals surface area contributed by atoms with Crippen molar-refractivity contribution < 1.29 is 14.3 Å². The molecule has 2 aromatic rings. The molecule has 0 unspecified atom stereocenters. The van der Waals surface area contributed by atoms with Crippen LogP contribution in [0.25, 0.3) is 0 Å². The van der Waals surface area contributed by atoms with Gasteiger partial charge in [-0.15, -0.1) is 0 Å². The quantitative estimate of drug-likeness (QED) is 0.849. The molecule has 102 valence electrons. The molecule has 1 aliphatic heterocycles. The van der Waals surface area contributed by atoms with Gasteiger partial charge in [-0.1, -0.05) is 24.3 Å². The first-order valence-electron chi connectivity index (χ1n) is 6.54. The van der Waals surface area contributed by atoms with Crippen LogP contribution in [0.15, 0.2) is 54.6 Å². The fraction of sp³-hybridized carbons (Fsp3) is 0.188. The van der Waals surface area contributed by atoms with Gasteiger partial charge in [0.2, 0.25) is 0 Å². The van der Waals surface area contributed by atoms with Crippen LogP contribution in [0, 0.1) is 0 Å². The number of epoxide rings is 1. The maximum absolute atomic E-state index is 12.0. The van der Waals surface area contributed by atoms with Crippen LogP contribution in [0.4, 0.5) is 0 Å². The predicted molar refractivity (Wildman–Crippen MR) is 75.0 cm³/mol. The highest BCUT2D eigenvalue weighted by molar-refractivity contribution is 5.94. The van der Waals surface area contributed by atoms with E-state index >= 15 is 0 Å². The molecule has 1 heterocycles. The Hall–Kier alpha value is -2.33. The Bertz CT molecular complexity index is 594. The number of amides is 1. The molecule has 1 aliphatic rings. The van der Waals surface area contributed by atoms with Crippen molar-refractivity contribution in [2.75, 3.05) is 13.2 Å². The number of rotatable bonds is 5. The summed E-state index contributed by atoms with van der Waals surface area (Å²) in [6.45, 7) is 1.29. The second kappa shape index (κ2) is 5.75. The van der Waals surface area contributed by atoms with Crippen LogP contribution in [0.2, 0.25) is 0 Å². The highest BCUT2D eigenvalue weighted by Crippen LogP contribution is 2.21. The van der Waals surface area contributed by atoms with E-state index in [1.807, 2.05) is 36.4 Å². The summed E-state index contributed by atoms with van der Waals surface area (Å²) in [4.78, 5) is 12.0. The number of hydrogen-bond donors (Lipinski definition) is 1. The zero-order chi connectivity index (χ0) is 13.8. The highest BCUT2D eigenvalue weighted by atomic mass is 16.6. The lowest BCUT2D eigenvalue weighted by Crippen LogP contribution is -2.27. The van der Waals surface area contributed by atoms with E-state index in [9.17, 15) is 4.79 Å². The molecular weight excluding hydrogens is 254 g/mol. The third-order valence-electron chi connectivity index (χ3n) is 2.97. The predicted octanol–water partition coefficient (Wildman–Crippen LogP) is 2.61. The number of ether oxygens (including phenoxy) is 2. The molecule has 0 saturated carbocycles. The van der Waals surface area contributed by atoms with Crippen molar-refractivity contribution in [2.45, 2.75) is 6.10 Å². The van der Waals surface area contributed by atoms with Gasteiger partial charge in [0.25, 0.3) is 5.91 Å². The van der Waals surface area contributed by atoms with Gasteiger partial charge in [-0.2, -0.15) is 0 Å². The van der Waals surface area contributed by atoms with E-state index in [0.29, 0.717) is 17.9 Å². The van der Waals surface area contributed by atoms with Crippen LogP contribution in [-0.4, -0.2) is 25.2 Å². The Kier molecular flexibility index (Phi) is 3.65. The van der Waals surface area contributed by atoms with Crippen LogP contribution >= 0.6 is 0 Å². The first-order valence-corrected chi connectivity index (χ1v) is 6.54. The van der Waals surface area contributed by atoms with Gasteiger partial charge in [0.05, 0.1) is 12.7 Å². The standard InChI is InChI=1S/C16H15NO3/c18-16(17-10-15-11-19-15)12-5-4-8-14(9-12)20-13-6-2-1-3-7-13/h1-9,15H,10-11H2,(H,17,18)/t15-/m1/s1. The zero-order valence-corrected chi connectivity index (χ0v) is 10.9. The lowest BCUT2D eigenvalue weighted by molar-refractivity contribution is 0.0950. The number of carbonyl (C=O) groups excluding carboxylic acids is 1.